The smallest absolute Gasteiger partial charge is 0.254 e. The van der Waals surface area contributed by atoms with Gasteiger partial charge >= 0.3 is 0 Å². The molecule has 3 aromatic heterocycles. The van der Waals surface area contributed by atoms with Gasteiger partial charge in [0.25, 0.3) is 5.91 Å². The Morgan fingerprint density at radius 1 is 1.21 bits per heavy atom. The highest BCUT2D eigenvalue weighted by molar-refractivity contribution is 5.96. The summed E-state index contributed by atoms with van der Waals surface area (Å²) in [6, 6.07) is 5.65. The highest BCUT2D eigenvalue weighted by Gasteiger charge is 2.26. The first-order chi connectivity index (χ1) is 13.5. The Hall–Kier alpha value is -2.90. The molecule has 0 unspecified atom stereocenters. The third-order valence-electron chi connectivity index (χ3n) is 4.98. The van der Waals surface area contributed by atoms with E-state index in [0.717, 1.165) is 34.0 Å². The Morgan fingerprint density at radius 2 is 1.96 bits per heavy atom. The molecule has 2 N–H and O–H groups in total. The minimum absolute atomic E-state index is 0.168. The van der Waals surface area contributed by atoms with Gasteiger partial charge in [0.1, 0.15) is 11.9 Å². The summed E-state index contributed by atoms with van der Waals surface area (Å²) in [5, 5.41) is 14.5. The topological polar surface area (TPSA) is 97.2 Å². The fraction of sp³-hybridized carbons (Fsp3) is 0.333. The Kier molecular flexibility index (Phi) is 5.02. The summed E-state index contributed by atoms with van der Waals surface area (Å²) in [6.07, 6.45) is 5.66. The standard InChI is InChI=1S/C21H22N4O3/c1-3-18(26)17-6-12(2)15(11-23-17)16-7-13-10-24-20(8-14(13)9-22-16)25-21(27)19-4-5-28-19/h6-11,18-19,26H,3-5H2,1-2H3,(H,24,25,27)/t18-,19-/m1/s1. The number of nitrogens with zero attached hydrogens (tertiary/aromatic N) is 3. The van der Waals surface area contributed by atoms with Gasteiger partial charge in [0.15, 0.2) is 0 Å². The number of nitrogens with one attached hydrogen (secondary N) is 1. The first kappa shape index (κ1) is 18.5. The number of carbonyl (C=O) groups is 1. The number of anilines is 1. The van der Waals surface area contributed by atoms with Crippen LogP contribution in [-0.2, 0) is 9.53 Å². The number of aromatic nitrogens is 3. The minimum atomic E-state index is -0.555. The summed E-state index contributed by atoms with van der Waals surface area (Å²) in [5.74, 6) is 0.317. The zero-order chi connectivity index (χ0) is 19.7. The van der Waals surface area contributed by atoms with Crippen LogP contribution >= 0.6 is 0 Å². The minimum Gasteiger partial charge on any atom is -0.387 e. The molecule has 7 nitrogen and oxygen atoms in total. The van der Waals surface area contributed by atoms with Crippen molar-refractivity contribution in [2.75, 3.05) is 11.9 Å². The van der Waals surface area contributed by atoms with Crippen molar-refractivity contribution >= 4 is 22.5 Å². The molecule has 0 bridgehead atoms. The summed E-state index contributed by atoms with van der Waals surface area (Å²) in [4.78, 5) is 25.2. The van der Waals surface area contributed by atoms with Crippen LogP contribution in [0.25, 0.3) is 22.0 Å². The lowest BCUT2D eigenvalue weighted by molar-refractivity contribution is -0.139. The zero-order valence-electron chi connectivity index (χ0n) is 15.8. The Balaban J connectivity index is 1.59. The average molecular weight is 378 g/mol. The van der Waals surface area contributed by atoms with Crippen LogP contribution in [0.15, 0.2) is 36.8 Å². The second-order valence-corrected chi connectivity index (χ2v) is 6.97. The Labute approximate surface area is 162 Å². The molecule has 3 aromatic rings. The molecule has 1 aliphatic heterocycles. The number of amides is 1. The number of hydrogen-bond acceptors (Lipinski definition) is 6. The van der Waals surface area contributed by atoms with Crippen LogP contribution in [-0.4, -0.2) is 38.7 Å². The summed E-state index contributed by atoms with van der Waals surface area (Å²) in [7, 11) is 0. The summed E-state index contributed by atoms with van der Waals surface area (Å²) in [6.45, 7) is 4.53. The molecular formula is C21H22N4O3. The number of aryl methyl sites for hydroxylation is 1. The molecule has 2 atom stereocenters. The van der Waals surface area contributed by atoms with Gasteiger partial charge in [0.2, 0.25) is 0 Å². The maximum absolute atomic E-state index is 12.0. The van der Waals surface area contributed by atoms with Crippen molar-refractivity contribution < 1.29 is 14.6 Å². The normalized spacial score (nSPS) is 17.2. The van der Waals surface area contributed by atoms with Gasteiger partial charge in [-0.2, -0.15) is 0 Å². The second-order valence-electron chi connectivity index (χ2n) is 6.97. The number of rotatable bonds is 5. The molecule has 1 saturated heterocycles. The van der Waals surface area contributed by atoms with Crippen LogP contribution < -0.4 is 5.32 Å². The van der Waals surface area contributed by atoms with E-state index in [1.807, 2.05) is 26.0 Å². The van der Waals surface area contributed by atoms with E-state index in [2.05, 4.69) is 20.3 Å². The number of aliphatic hydroxyl groups excluding tert-OH is 1. The third kappa shape index (κ3) is 3.58. The first-order valence-corrected chi connectivity index (χ1v) is 9.38. The van der Waals surface area contributed by atoms with Gasteiger partial charge in [0.05, 0.1) is 24.1 Å². The van der Waals surface area contributed by atoms with E-state index in [-0.39, 0.29) is 12.0 Å². The maximum atomic E-state index is 12.0. The van der Waals surface area contributed by atoms with Gasteiger partial charge in [0, 0.05) is 41.3 Å². The van der Waals surface area contributed by atoms with Gasteiger partial charge in [-0.1, -0.05) is 6.92 Å². The fourth-order valence-corrected chi connectivity index (χ4v) is 3.14. The molecule has 0 saturated carbocycles. The maximum Gasteiger partial charge on any atom is 0.254 e. The quantitative estimate of drug-likeness (QED) is 0.708. The molecule has 0 radical (unpaired) electrons. The van der Waals surface area contributed by atoms with E-state index < -0.39 is 6.10 Å². The molecule has 1 fully saturated rings. The van der Waals surface area contributed by atoms with Crippen molar-refractivity contribution in [2.45, 2.75) is 38.9 Å². The van der Waals surface area contributed by atoms with E-state index >= 15 is 0 Å². The number of hydrogen-bond donors (Lipinski definition) is 2. The number of aliphatic hydroxyl groups is 1. The summed E-state index contributed by atoms with van der Waals surface area (Å²) in [5.41, 5.74) is 3.37. The van der Waals surface area contributed by atoms with Crippen LogP contribution in [0.5, 0.6) is 0 Å². The predicted octanol–water partition coefficient (Wildman–Crippen LogP) is 3.17. The fourth-order valence-electron chi connectivity index (χ4n) is 3.14. The van der Waals surface area contributed by atoms with Gasteiger partial charge in [-0.15, -0.1) is 0 Å². The van der Waals surface area contributed by atoms with E-state index in [4.69, 9.17) is 4.74 Å². The van der Waals surface area contributed by atoms with Crippen molar-refractivity contribution in [3.63, 3.8) is 0 Å². The third-order valence-corrected chi connectivity index (χ3v) is 4.98. The zero-order valence-corrected chi connectivity index (χ0v) is 15.8. The molecule has 1 amide bonds. The van der Waals surface area contributed by atoms with E-state index in [0.29, 0.717) is 24.5 Å². The van der Waals surface area contributed by atoms with Crippen LogP contribution in [0.2, 0.25) is 0 Å². The number of ether oxygens (including phenoxy) is 1. The molecular weight excluding hydrogens is 356 g/mol. The molecule has 4 heterocycles. The van der Waals surface area contributed by atoms with Crippen molar-refractivity contribution in [2.24, 2.45) is 0 Å². The molecule has 7 heteroatoms. The van der Waals surface area contributed by atoms with Crippen molar-refractivity contribution in [3.8, 4) is 11.3 Å². The molecule has 4 rings (SSSR count). The molecule has 0 spiro atoms. The van der Waals surface area contributed by atoms with Crippen LogP contribution in [0.1, 0.15) is 37.1 Å². The van der Waals surface area contributed by atoms with Crippen LogP contribution in [0.4, 0.5) is 5.82 Å². The average Bonchev–Trinajstić information content (AvgIpc) is 2.65. The van der Waals surface area contributed by atoms with Crippen LogP contribution in [0.3, 0.4) is 0 Å². The summed E-state index contributed by atoms with van der Waals surface area (Å²) < 4.78 is 5.18. The molecule has 144 valence electrons. The highest BCUT2D eigenvalue weighted by Crippen LogP contribution is 2.27. The Morgan fingerprint density at radius 3 is 2.64 bits per heavy atom. The van der Waals surface area contributed by atoms with E-state index in [1.165, 1.54) is 0 Å². The molecule has 28 heavy (non-hydrogen) atoms. The second kappa shape index (κ2) is 7.61. The lowest BCUT2D eigenvalue weighted by Gasteiger charge is -2.24. The predicted molar refractivity (Wildman–Crippen MR) is 106 cm³/mol. The van der Waals surface area contributed by atoms with Gasteiger partial charge < -0.3 is 15.2 Å². The Bertz CT molecular complexity index is 1030. The van der Waals surface area contributed by atoms with Gasteiger partial charge in [-0.25, -0.2) is 4.98 Å². The first-order valence-electron chi connectivity index (χ1n) is 9.38. The molecule has 0 aromatic carbocycles. The monoisotopic (exact) mass is 378 g/mol. The van der Waals surface area contributed by atoms with Crippen LogP contribution in [0, 0.1) is 6.92 Å². The lowest BCUT2D eigenvalue weighted by atomic mass is 10.0. The van der Waals surface area contributed by atoms with Gasteiger partial charge in [-0.3, -0.25) is 14.8 Å². The van der Waals surface area contributed by atoms with E-state index in [9.17, 15) is 9.90 Å². The largest absolute Gasteiger partial charge is 0.387 e. The van der Waals surface area contributed by atoms with E-state index in [1.54, 1.807) is 24.7 Å². The molecule has 1 aliphatic rings. The molecule has 0 aliphatic carbocycles. The van der Waals surface area contributed by atoms with Crippen molar-refractivity contribution in [1.82, 2.24) is 15.0 Å². The number of fused-ring (bicyclic) bond motifs is 1. The number of pyridine rings is 3. The van der Waals surface area contributed by atoms with Crippen molar-refractivity contribution in [3.05, 3.63) is 48.0 Å². The lowest BCUT2D eigenvalue weighted by Crippen LogP contribution is -2.39. The van der Waals surface area contributed by atoms with Gasteiger partial charge in [-0.05, 0) is 37.1 Å². The number of carbonyl (C=O) groups excluding carboxylic acids is 1. The SMILES string of the molecule is CC[C@@H](O)c1cc(C)c(-c2cc3cnc(NC(=O)[C@H]4CCO4)cc3cn2)cn1. The van der Waals surface area contributed by atoms with Crippen molar-refractivity contribution in [1.29, 1.82) is 0 Å². The summed E-state index contributed by atoms with van der Waals surface area (Å²) >= 11 is 0. The highest BCUT2D eigenvalue weighted by atomic mass is 16.5.